The first-order chi connectivity index (χ1) is 12.7. The van der Waals surface area contributed by atoms with E-state index in [0.29, 0.717) is 25.3 Å². The summed E-state index contributed by atoms with van der Waals surface area (Å²) in [5.74, 6) is 0.859. The smallest absolute Gasteiger partial charge is 0.231 e. The van der Waals surface area contributed by atoms with Crippen LogP contribution in [0.2, 0.25) is 0 Å². The van der Waals surface area contributed by atoms with E-state index in [4.69, 9.17) is 10.00 Å². The summed E-state index contributed by atoms with van der Waals surface area (Å²) in [5.41, 5.74) is 3.59. The van der Waals surface area contributed by atoms with Gasteiger partial charge in [0.05, 0.1) is 36.4 Å². The first-order valence-electron chi connectivity index (χ1n) is 9.11. The molecule has 1 amide bonds. The molecule has 1 saturated heterocycles. The Bertz CT molecular complexity index is 867. The van der Waals surface area contributed by atoms with E-state index in [-0.39, 0.29) is 17.9 Å². The molecule has 0 radical (unpaired) electrons. The molecular formula is C20H22N4O2. The van der Waals surface area contributed by atoms with Gasteiger partial charge in [0.25, 0.3) is 0 Å². The highest BCUT2D eigenvalue weighted by molar-refractivity contribution is 5.84. The van der Waals surface area contributed by atoms with Crippen molar-refractivity contribution in [2.75, 3.05) is 19.7 Å². The van der Waals surface area contributed by atoms with Crippen LogP contribution in [0.15, 0.2) is 24.3 Å². The van der Waals surface area contributed by atoms with Gasteiger partial charge in [0.2, 0.25) is 5.91 Å². The minimum atomic E-state index is -0.190. The molecule has 1 N–H and O–H groups in total. The van der Waals surface area contributed by atoms with Crippen LogP contribution in [0.4, 0.5) is 0 Å². The molecule has 0 bridgehead atoms. The molecule has 2 aliphatic rings. The summed E-state index contributed by atoms with van der Waals surface area (Å²) < 4.78 is 5.88. The van der Waals surface area contributed by atoms with Crippen molar-refractivity contribution in [3.63, 3.8) is 0 Å². The zero-order chi connectivity index (χ0) is 18.1. The summed E-state index contributed by atoms with van der Waals surface area (Å²) >= 11 is 0. The van der Waals surface area contributed by atoms with Gasteiger partial charge in [0, 0.05) is 12.2 Å². The molecule has 134 valence electrons. The average molecular weight is 350 g/mol. The molecule has 2 unspecified atom stereocenters. The maximum absolute atomic E-state index is 13.2. The number of aromatic nitrogens is 2. The molecule has 1 aliphatic heterocycles. The number of ether oxygens (including phenoxy) is 1. The number of nitriles is 1. The lowest BCUT2D eigenvalue weighted by molar-refractivity contribution is -0.141. The van der Waals surface area contributed by atoms with E-state index in [1.165, 1.54) is 0 Å². The maximum Gasteiger partial charge on any atom is 0.231 e. The van der Waals surface area contributed by atoms with Gasteiger partial charge in [-0.1, -0.05) is 12.1 Å². The van der Waals surface area contributed by atoms with Crippen molar-refractivity contribution in [1.82, 2.24) is 14.9 Å². The zero-order valence-corrected chi connectivity index (χ0v) is 14.9. The van der Waals surface area contributed by atoms with Crippen molar-refractivity contribution >= 4 is 5.91 Å². The van der Waals surface area contributed by atoms with Crippen molar-refractivity contribution in [2.24, 2.45) is 0 Å². The highest BCUT2D eigenvalue weighted by Gasteiger charge is 2.35. The van der Waals surface area contributed by atoms with Gasteiger partial charge in [-0.3, -0.25) is 4.79 Å². The van der Waals surface area contributed by atoms with E-state index in [9.17, 15) is 4.79 Å². The number of aromatic amines is 1. The molecule has 2 heterocycles. The molecule has 0 saturated carbocycles. The molecule has 6 heteroatoms. The first-order valence-corrected chi connectivity index (χ1v) is 9.11. The van der Waals surface area contributed by atoms with Crippen LogP contribution in [0.25, 0.3) is 0 Å². The maximum atomic E-state index is 13.2. The van der Waals surface area contributed by atoms with Crippen molar-refractivity contribution in [3.8, 4) is 6.07 Å². The topological polar surface area (TPSA) is 82.0 Å². The number of benzene rings is 1. The van der Waals surface area contributed by atoms with Gasteiger partial charge in [0.15, 0.2) is 0 Å². The van der Waals surface area contributed by atoms with E-state index >= 15 is 0 Å². The molecule has 1 aromatic carbocycles. The van der Waals surface area contributed by atoms with Crippen LogP contribution in [0.1, 0.15) is 53.2 Å². The Hall–Kier alpha value is -2.65. The van der Waals surface area contributed by atoms with Crippen LogP contribution >= 0.6 is 0 Å². The third kappa shape index (κ3) is 3.11. The number of nitrogens with zero attached hydrogens (tertiary/aromatic N) is 3. The molecule has 4 rings (SSSR count). The summed E-state index contributed by atoms with van der Waals surface area (Å²) in [6.07, 6.45) is 2.63. The summed E-state index contributed by atoms with van der Waals surface area (Å²) in [7, 11) is 0. The van der Waals surface area contributed by atoms with E-state index in [1.54, 1.807) is 6.07 Å². The second-order valence-corrected chi connectivity index (χ2v) is 7.01. The van der Waals surface area contributed by atoms with Gasteiger partial charge >= 0.3 is 0 Å². The number of hydrogen-bond donors (Lipinski definition) is 1. The number of H-pyrrole nitrogens is 1. The fraction of sp³-hybridized carbons (Fsp3) is 0.450. The van der Waals surface area contributed by atoms with Crippen molar-refractivity contribution in [3.05, 3.63) is 52.6 Å². The Labute approximate surface area is 152 Å². The Kier molecular flexibility index (Phi) is 4.48. The van der Waals surface area contributed by atoms with Crippen LogP contribution < -0.4 is 0 Å². The van der Waals surface area contributed by atoms with Gasteiger partial charge in [0.1, 0.15) is 11.9 Å². The highest BCUT2D eigenvalue weighted by Crippen LogP contribution is 2.33. The van der Waals surface area contributed by atoms with Crippen LogP contribution in [-0.2, 0) is 16.0 Å². The largest absolute Gasteiger partial charge is 0.370 e. The number of amides is 1. The average Bonchev–Trinajstić information content (AvgIpc) is 3.07. The van der Waals surface area contributed by atoms with Gasteiger partial charge in [-0.25, -0.2) is 4.98 Å². The van der Waals surface area contributed by atoms with Crippen LogP contribution in [0.3, 0.4) is 0 Å². The molecule has 1 aromatic heterocycles. The molecule has 6 nitrogen and oxygen atoms in total. The number of nitrogens with one attached hydrogen (secondary N) is 1. The minimum absolute atomic E-state index is 0.141. The van der Waals surface area contributed by atoms with E-state index in [2.05, 4.69) is 16.0 Å². The van der Waals surface area contributed by atoms with E-state index in [0.717, 1.165) is 42.0 Å². The highest BCUT2D eigenvalue weighted by atomic mass is 16.5. The number of imidazole rings is 1. The zero-order valence-electron chi connectivity index (χ0n) is 14.9. The lowest BCUT2D eigenvalue weighted by atomic mass is 9.88. The number of fused-ring (bicyclic) bond motifs is 1. The quantitative estimate of drug-likeness (QED) is 0.902. The van der Waals surface area contributed by atoms with E-state index < -0.39 is 0 Å². The second-order valence-electron chi connectivity index (χ2n) is 7.01. The fourth-order valence-electron chi connectivity index (χ4n) is 3.98. The van der Waals surface area contributed by atoms with Gasteiger partial charge in [-0.15, -0.1) is 0 Å². The molecule has 0 spiro atoms. The number of rotatable bonds is 2. The van der Waals surface area contributed by atoms with E-state index in [1.807, 2.05) is 30.0 Å². The Morgan fingerprint density at radius 3 is 3.19 bits per heavy atom. The van der Waals surface area contributed by atoms with Crippen molar-refractivity contribution in [1.29, 1.82) is 5.26 Å². The monoisotopic (exact) mass is 350 g/mol. The summed E-state index contributed by atoms with van der Waals surface area (Å²) in [6.45, 7) is 3.56. The number of morpholine rings is 1. The normalized spacial score (nSPS) is 22.5. The minimum Gasteiger partial charge on any atom is -0.370 e. The number of hydrogen-bond acceptors (Lipinski definition) is 4. The van der Waals surface area contributed by atoms with Gasteiger partial charge in [-0.2, -0.15) is 5.26 Å². The molecule has 26 heavy (non-hydrogen) atoms. The number of carbonyl (C=O) groups excluding carboxylic acids is 1. The lowest BCUT2D eigenvalue weighted by Crippen LogP contribution is -2.45. The molecule has 2 aromatic rings. The van der Waals surface area contributed by atoms with Gasteiger partial charge in [-0.05, 0) is 43.9 Å². The van der Waals surface area contributed by atoms with Crippen molar-refractivity contribution in [2.45, 2.75) is 38.2 Å². The number of carbonyl (C=O) groups is 1. The van der Waals surface area contributed by atoms with Crippen LogP contribution in [-0.4, -0.2) is 40.5 Å². The molecule has 1 aliphatic carbocycles. The predicted octanol–water partition coefficient (Wildman–Crippen LogP) is 2.61. The number of aryl methyl sites for hydroxylation is 2. The predicted molar refractivity (Wildman–Crippen MR) is 95.4 cm³/mol. The van der Waals surface area contributed by atoms with Gasteiger partial charge < -0.3 is 14.6 Å². The molecule has 2 atom stereocenters. The van der Waals surface area contributed by atoms with Crippen LogP contribution in [0.5, 0.6) is 0 Å². The molecular weight excluding hydrogens is 328 g/mol. The first kappa shape index (κ1) is 16.8. The van der Waals surface area contributed by atoms with Crippen LogP contribution in [0, 0.1) is 18.3 Å². The lowest BCUT2D eigenvalue weighted by Gasteiger charge is -2.36. The Morgan fingerprint density at radius 1 is 1.46 bits per heavy atom. The van der Waals surface area contributed by atoms with Crippen molar-refractivity contribution < 1.29 is 9.53 Å². The standard InChI is InChI=1S/C20H22N4O2/c1-13-22-17-7-3-6-16(19(17)23-13)20(25)24-8-9-26-18(12-24)15-5-2-4-14(10-15)11-21/h2,4-5,10,16,18H,3,6-9,12H2,1H3,(H,22,23). The second kappa shape index (κ2) is 6.93. The Balaban J connectivity index is 1.53. The fourth-order valence-corrected chi connectivity index (χ4v) is 3.98. The summed E-state index contributed by atoms with van der Waals surface area (Å²) in [5, 5.41) is 9.10. The third-order valence-electron chi connectivity index (χ3n) is 5.24. The summed E-state index contributed by atoms with van der Waals surface area (Å²) in [6, 6.07) is 9.59. The SMILES string of the molecule is Cc1nc2c([nH]1)CCCC2C(=O)N1CCOC(c2cccc(C#N)c2)C1. The molecule has 1 fully saturated rings. The third-order valence-corrected chi connectivity index (χ3v) is 5.24. The Morgan fingerprint density at radius 2 is 2.35 bits per heavy atom. The summed E-state index contributed by atoms with van der Waals surface area (Å²) in [4.78, 5) is 23.0.